The van der Waals surface area contributed by atoms with Gasteiger partial charge >= 0.3 is 103 Å². The van der Waals surface area contributed by atoms with E-state index in [2.05, 4.69) is 70.5 Å². The molecule has 3 aromatic heterocycles. The molecule has 22 nitrogen and oxygen atoms in total. The fourth-order valence-corrected chi connectivity index (χ4v) is 4.70. The number of hydrogen-bond donors (Lipinski definition) is 4. The Morgan fingerprint density at radius 1 is 0.771 bits per heavy atom. The maximum Gasteiger partial charge on any atom is 1.00 e. The zero-order chi connectivity index (χ0) is 32.2. The fraction of sp³-hybridized carbons (Fsp3) is 0.545. The molecule has 0 bridgehead atoms. The molecule has 0 aromatic carbocycles. The Morgan fingerprint density at radius 3 is 1.88 bits per heavy atom. The van der Waals surface area contributed by atoms with Crippen LogP contribution >= 0.6 is 12.0 Å². The van der Waals surface area contributed by atoms with Crippen molar-refractivity contribution in [3.63, 3.8) is 0 Å². The molecule has 0 spiro atoms. The van der Waals surface area contributed by atoms with Crippen LogP contribution in [-0.2, 0) is 29.0 Å². The zero-order valence-electron chi connectivity index (χ0n) is 26.2. The first-order valence-electron chi connectivity index (χ1n) is 13.9. The van der Waals surface area contributed by atoms with Crippen LogP contribution < -0.4 is 139 Å². The summed E-state index contributed by atoms with van der Waals surface area (Å²) in [5.41, 5.74) is 0. The molecule has 0 aliphatic carbocycles. The van der Waals surface area contributed by atoms with E-state index >= 15 is 0 Å². The van der Waals surface area contributed by atoms with Crippen molar-refractivity contribution >= 4 is 69.6 Å². The van der Waals surface area contributed by atoms with E-state index in [1.54, 1.807) is 6.07 Å². The molecule has 0 radical (unpaired) electrons. The Labute approximate surface area is 364 Å². The van der Waals surface area contributed by atoms with Crippen molar-refractivity contribution < 1.29 is 140 Å². The molecule has 2 saturated heterocycles. The maximum absolute atomic E-state index is 11.1. The smallest absolute Gasteiger partial charge is 0.748 e. The topological polar surface area (TPSA) is 275 Å². The third kappa shape index (κ3) is 14.1. The molecule has 5 rings (SSSR count). The van der Waals surface area contributed by atoms with Crippen LogP contribution in [0.2, 0.25) is 0 Å². The van der Waals surface area contributed by atoms with Crippen molar-refractivity contribution in [2.75, 3.05) is 108 Å². The molecule has 3 aromatic rings. The number of nitrogens with zero attached hydrogens (tertiary/aromatic N) is 10. The van der Waals surface area contributed by atoms with Crippen molar-refractivity contribution in [2.45, 2.75) is 0 Å². The number of nitrogens with one attached hydrogen (secondary N) is 4. The van der Waals surface area contributed by atoms with Gasteiger partial charge in [-0.2, -0.15) is 39.2 Å². The molecule has 26 heteroatoms. The number of morpholine rings is 2. The number of anilines is 8. The number of rotatable bonds is 16. The molecular weight excluding hydrogens is 731 g/mol. The molecule has 2 aliphatic rings. The molecule has 4 N–H and O–H groups in total. The van der Waals surface area contributed by atoms with E-state index in [9.17, 15) is 18.2 Å². The van der Waals surface area contributed by atoms with E-state index in [0.29, 0.717) is 82.6 Å². The van der Waals surface area contributed by atoms with Gasteiger partial charge in [0.25, 0.3) is 0 Å². The maximum atomic E-state index is 11.1. The number of ether oxygens (including phenoxy) is 2. The molecule has 2 fully saturated rings. The summed E-state index contributed by atoms with van der Waals surface area (Å²) in [5, 5.41) is 25.2. The second-order valence-corrected chi connectivity index (χ2v) is 11.7. The van der Waals surface area contributed by atoms with Gasteiger partial charge in [0, 0.05) is 63.3 Å². The summed E-state index contributed by atoms with van der Waals surface area (Å²) in [6.45, 7) is 4.44. The van der Waals surface area contributed by atoms with Gasteiger partial charge in [0.2, 0.25) is 41.6 Å². The van der Waals surface area contributed by atoms with Crippen molar-refractivity contribution in [3.8, 4) is 0 Å². The van der Waals surface area contributed by atoms with Crippen molar-refractivity contribution in [1.82, 2.24) is 39.9 Å². The van der Waals surface area contributed by atoms with Crippen LogP contribution in [0.25, 0.3) is 0 Å². The van der Waals surface area contributed by atoms with Crippen LogP contribution in [0, 0.1) is 0 Å². The summed E-state index contributed by atoms with van der Waals surface area (Å²) in [7, 11) is -4.43. The van der Waals surface area contributed by atoms with E-state index in [-0.39, 0.29) is 139 Å². The second-order valence-electron chi connectivity index (χ2n) is 9.35. The summed E-state index contributed by atoms with van der Waals surface area (Å²) in [6, 6.07) is 1.59. The van der Waals surface area contributed by atoms with E-state index in [1.807, 2.05) is 9.80 Å². The van der Waals surface area contributed by atoms with Gasteiger partial charge in [0.15, 0.2) is 0 Å². The first kappa shape index (κ1) is 41.7. The van der Waals surface area contributed by atoms with Crippen molar-refractivity contribution in [2.24, 2.45) is 0 Å². The van der Waals surface area contributed by atoms with Crippen LogP contribution in [0.15, 0.2) is 12.3 Å². The molecule has 0 saturated carbocycles. The van der Waals surface area contributed by atoms with Crippen molar-refractivity contribution in [1.29, 1.82) is 0 Å². The molecule has 250 valence electrons. The largest absolute Gasteiger partial charge is 1.00 e. The van der Waals surface area contributed by atoms with Gasteiger partial charge in [0.1, 0.15) is 5.82 Å². The fourth-order valence-electron chi connectivity index (χ4n) is 4.06. The Kier molecular flexibility index (Phi) is 18.7. The Bertz CT molecular complexity index is 1540. The number of hydrogen-bond acceptors (Lipinski definition) is 23. The Morgan fingerprint density at radius 2 is 1.31 bits per heavy atom. The van der Waals surface area contributed by atoms with Gasteiger partial charge < -0.3 is 45.0 Å². The van der Waals surface area contributed by atoms with Crippen molar-refractivity contribution in [3.05, 3.63) is 12.3 Å². The minimum Gasteiger partial charge on any atom is -0.748 e. The monoisotopic (exact) mass is 760 g/mol. The predicted octanol–water partition coefficient (Wildman–Crippen LogP) is -7.74. The van der Waals surface area contributed by atoms with Crippen LogP contribution in [0.4, 0.5) is 47.5 Å². The Balaban J connectivity index is 0.00000312. The normalized spacial score (nSPS) is 14.8. The number of aromatic nitrogens is 8. The molecule has 0 amide bonds. The van der Waals surface area contributed by atoms with E-state index < -0.39 is 15.9 Å². The average Bonchev–Trinajstić information content (AvgIpc) is 3.05. The summed E-state index contributed by atoms with van der Waals surface area (Å²) in [5.74, 6) is 1.54. The summed E-state index contributed by atoms with van der Waals surface area (Å²) >= 11 is 0.827. The van der Waals surface area contributed by atoms with Gasteiger partial charge in [-0.05, 0) is 6.07 Å². The summed E-state index contributed by atoms with van der Waals surface area (Å²) in [4.78, 5) is 39.2. The van der Waals surface area contributed by atoms with Crippen LogP contribution in [0.3, 0.4) is 0 Å². The SMILES string of the molecule is O=S(=O)([O-])CCNc1nc(Nc2ccnc(Nc3nc(NCCSOO[O-])nc(N4CCOCC4)n3)n2)nc(N2CCOCC2)n1.[K+].[K+]. The molecule has 0 atom stereocenters. The van der Waals surface area contributed by atoms with Crippen LogP contribution in [0.1, 0.15) is 0 Å². The van der Waals surface area contributed by atoms with Gasteiger partial charge in [-0.1, -0.05) is 0 Å². The van der Waals surface area contributed by atoms with E-state index in [4.69, 9.17) is 9.47 Å². The average molecular weight is 761 g/mol. The minimum absolute atomic E-state index is 0. The second kappa shape index (κ2) is 21.6. The third-order valence-corrected chi connectivity index (χ3v) is 7.36. The van der Waals surface area contributed by atoms with Gasteiger partial charge in [-0.15, -0.1) is 0 Å². The first-order valence-corrected chi connectivity index (χ1v) is 16.4. The minimum atomic E-state index is -4.43. The molecule has 48 heavy (non-hydrogen) atoms. The predicted molar refractivity (Wildman–Crippen MR) is 160 cm³/mol. The molecule has 2 aliphatic heterocycles. The Hall–Kier alpha value is -0.767. The molecule has 0 unspecified atom stereocenters. The molecule has 5 heterocycles. The third-order valence-electron chi connectivity index (χ3n) is 6.13. The van der Waals surface area contributed by atoms with Crippen LogP contribution in [-0.4, -0.2) is 130 Å². The van der Waals surface area contributed by atoms with E-state index in [1.165, 1.54) is 6.20 Å². The summed E-state index contributed by atoms with van der Waals surface area (Å²) in [6.07, 6.45) is 1.50. The van der Waals surface area contributed by atoms with E-state index in [0.717, 1.165) is 12.0 Å². The van der Waals surface area contributed by atoms with Gasteiger partial charge in [-0.25, -0.2) is 13.4 Å². The standard InChI is InChI=1S/C22H32N14O8S2.2K/c37-43-44-45-13-3-24-17-30-20(34-22(31-17)36-7-11-42-12-8-36)28-16-23-2-1-15(26-16)27-19-29-18(25-4-14-46(38,39)40)32-21(33-19)35-5-9-41-10-6-35;;/h1-2,37H,3-14H2,(H,38,39,40)(H4,23,24,25,26,27,28,29,30,31,32,33,34);;/q;2*+1/p-2. The zero-order valence-corrected chi connectivity index (χ0v) is 34.1. The molecular formula is C22H30K2N14O8S2. The van der Waals surface area contributed by atoms with Gasteiger partial charge in [-0.3, -0.25) is 10.4 Å². The summed E-state index contributed by atoms with van der Waals surface area (Å²) < 4.78 is 48.3. The first-order chi connectivity index (χ1) is 22.3. The van der Waals surface area contributed by atoms with Gasteiger partial charge in [0.05, 0.1) is 42.3 Å². The quantitative estimate of drug-likeness (QED) is 0.0264. The van der Waals surface area contributed by atoms with Crippen LogP contribution in [0.5, 0.6) is 0 Å².